The molecule has 36 heavy (non-hydrogen) atoms. The van der Waals surface area contributed by atoms with Crippen LogP contribution in [0.3, 0.4) is 0 Å². The van der Waals surface area contributed by atoms with Gasteiger partial charge in [0.1, 0.15) is 12.3 Å². The lowest BCUT2D eigenvalue weighted by Crippen LogP contribution is -2.48. The molecule has 1 N–H and O–H groups in total. The third-order valence-electron chi connectivity index (χ3n) is 6.32. The number of fused-ring (bicyclic) bond motifs is 2. The lowest BCUT2D eigenvalue weighted by Gasteiger charge is -2.37. The van der Waals surface area contributed by atoms with Gasteiger partial charge in [-0.15, -0.1) is 10.2 Å². The zero-order valence-electron chi connectivity index (χ0n) is 18.8. The van der Waals surface area contributed by atoms with E-state index in [0.29, 0.717) is 29.7 Å². The van der Waals surface area contributed by atoms with Crippen molar-refractivity contribution >= 4 is 23.6 Å². The molecule has 9 nitrogen and oxygen atoms in total. The fourth-order valence-corrected chi connectivity index (χ4v) is 4.84. The van der Waals surface area contributed by atoms with Gasteiger partial charge < -0.3 is 19.4 Å². The average molecular weight is 534 g/mol. The standard InChI is InChI=1S/C21H21ClF5N7O2/c1-11-30-31-19(35-11)33-8-12-5-6-13(9-33)16(12)28-17-29-18(36-15-4-2-3-14(22)7-15)34(32-17)10-20(23,24)21(25,26)27/h2-4,7,12-13,16H,5-6,8-10H2,1H3,(H,28,32)/t12-,13+,16-. The normalized spacial score (nSPS) is 22.2. The van der Waals surface area contributed by atoms with Crippen LogP contribution in [0, 0.1) is 18.8 Å². The number of anilines is 2. The fourth-order valence-electron chi connectivity index (χ4n) is 4.66. The Kier molecular flexibility index (Phi) is 6.17. The lowest BCUT2D eigenvalue weighted by molar-refractivity contribution is -0.287. The Hall–Kier alpha value is -3.16. The summed E-state index contributed by atoms with van der Waals surface area (Å²) >= 11 is 5.92. The number of hydrogen-bond acceptors (Lipinski definition) is 8. The quantitative estimate of drug-likeness (QED) is 0.427. The van der Waals surface area contributed by atoms with Crippen molar-refractivity contribution in [3.8, 4) is 11.8 Å². The number of hydrogen-bond donors (Lipinski definition) is 1. The van der Waals surface area contributed by atoms with Crippen LogP contribution >= 0.6 is 11.6 Å². The Morgan fingerprint density at radius 2 is 1.86 bits per heavy atom. The molecule has 1 aliphatic heterocycles. The lowest BCUT2D eigenvalue weighted by atomic mass is 9.92. The zero-order valence-corrected chi connectivity index (χ0v) is 19.6. The number of halogens is 6. The summed E-state index contributed by atoms with van der Waals surface area (Å²) in [5.41, 5.74) is 0. The fraction of sp³-hybridized carbons (Fsp3) is 0.524. The molecule has 15 heteroatoms. The van der Waals surface area contributed by atoms with Crippen molar-refractivity contribution in [2.24, 2.45) is 11.8 Å². The molecule has 3 heterocycles. The summed E-state index contributed by atoms with van der Waals surface area (Å²) in [6, 6.07) is 5.73. The van der Waals surface area contributed by atoms with Gasteiger partial charge in [-0.2, -0.15) is 26.9 Å². The molecule has 1 aliphatic carbocycles. The second-order valence-corrected chi connectivity index (χ2v) is 9.35. The van der Waals surface area contributed by atoms with Gasteiger partial charge >= 0.3 is 24.1 Å². The topological polar surface area (TPSA) is 94.1 Å². The van der Waals surface area contributed by atoms with Crippen molar-refractivity contribution < 1.29 is 31.1 Å². The first-order valence-corrected chi connectivity index (χ1v) is 11.5. The number of aryl methyl sites for hydroxylation is 1. The largest absolute Gasteiger partial charge is 0.455 e. The van der Waals surface area contributed by atoms with Crippen molar-refractivity contribution in [3.63, 3.8) is 0 Å². The maximum atomic E-state index is 13.9. The summed E-state index contributed by atoms with van der Waals surface area (Å²) in [4.78, 5) is 6.08. The molecule has 5 rings (SSSR count). The van der Waals surface area contributed by atoms with Crippen LogP contribution in [-0.2, 0) is 6.54 Å². The van der Waals surface area contributed by atoms with E-state index in [-0.39, 0.29) is 34.6 Å². The van der Waals surface area contributed by atoms with E-state index in [1.807, 2.05) is 4.90 Å². The van der Waals surface area contributed by atoms with E-state index in [0.717, 1.165) is 12.8 Å². The van der Waals surface area contributed by atoms with E-state index in [1.54, 1.807) is 13.0 Å². The molecule has 2 aliphatic rings. The predicted molar refractivity (Wildman–Crippen MR) is 117 cm³/mol. The number of aromatic nitrogens is 5. The Labute approximate surface area is 206 Å². The Bertz CT molecular complexity index is 1220. The van der Waals surface area contributed by atoms with E-state index in [1.165, 1.54) is 18.2 Å². The van der Waals surface area contributed by atoms with Crippen LogP contribution in [-0.4, -0.2) is 56.2 Å². The number of piperidine rings is 1. The first-order valence-electron chi connectivity index (χ1n) is 11.1. The highest BCUT2D eigenvalue weighted by Crippen LogP contribution is 2.41. The van der Waals surface area contributed by atoms with Crippen molar-refractivity contribution in [2.45, 2.75) is 44.5 Å². The van der Waals surface area contributed by atoms with Crippen LogP contribution in [0.15, 0.2) is 28.7 Å². The third-order valence-corrected chi connectivity index (χ3v) is 6.56. The molecule has 2 bridgehead atoms. The van der Waals surface area contributed by atoms with Gasteiger partial charge in [-0.1, -0.05) is 22.8 Å². The van der Waals surface area contributed by atoms with Crippen LogP contribution in [0.4, 0.5) is 33.9 Å². The van der Waals surface area contributed by atoms with E-state index < -0.39 is 24.7 Å². The highest BCUT2D eigenvalue weighted by Gasteiger charge is 2.58. The Balaban J connectivity index is 1.37. The molecular weight excluding hydrogens is 513 g/mol. The van der Waals surface area contributed by atoms with Crippen LogP contribution in [0.5, 0.6) is 11.8 Å². The first kappa shape index (κ1) is 24.5. The smallest absolute Gasteiger partial charge is 0.424 e. The number of rotatable bonds is 7. The summed E-state index contributed by atoms with van der Waals surface area (Å²) < 4.78 is 77.8. The van der Waals surface area contributed by atoms with Gasteiger partial charge in [0.2, 0.25) is 11.8 Å². The molecule has 0 amide bonds. The summed E-state index contributed by atoms with van der Waals surface area (Å²) in [5, 5.41) is 15.2. The van der Waals surface area contributed by atoms with Gasteiger partial charge in [-0.25, -0.2) is 4.68 Å². The highest BCUT2D eigenvalue weighted by atomic mass is 35.5. The van der Waals surface area contributed by atoms with Crippen LogP contribution in [0.1, 0.15) is 18.7 Å². The summed E-state index contributed by atoms with van der Waals surface area (Å²) in [7, 11) is 0. The molecular formula is C21H21ClF5N7O2. The van der Waals surface area contributed by atoms with Gasteiger partial charge in [0.05, 0.1) is 0 Å². The van der Waals surface area contributed by atoms with Crippen molar-refractivity contribution in [2.75, 3.05) is 23.3 Å². The molecule has 1 saturated carbocycles. The monoisotopic (exact) mass is 533 g/mol. The van der Waals surface area contributed by atoms with Crippen molar-refractivity contribution in [3.05, 3.63) is 35.2 Å². The number of ether oxygens (including phenoxy) is 1. The minimum atomic E-state index is -5.76. The summed E-state index contributed by atoms with van der Waals surface area (Å²) in [6.07, 6.45) is -4.01. The highest BCUT2D eigenvalue weighted by molar-refractivity contribution is 6.30. The number of nitrogens with zero attached hydrogens (tertiary/aromatic N) is 6. The second kappa shape index (κ2) is 9.05. The maximum Gasteiger partial charge on any atom is 0.455 e. The number of benzene rings is 1. The van der Waals surface area contributed by atoms with E-state index >= 15 is 0 Å². The number of nitrogens with one attached hydrogen (secondary N) is 1. The van der Waals surface area contributed by atoms with E-state index in [2.05, 4.69) is 25.6 Å². The second-order valence-electron chi connectivity index (χ2n) is 8.91. The van der Waals surface area contributed by atoms with Gasteiger partial charge in [0.15, 0.2) is 0 Å². The summed E-state index contributed by atoms with van der Waals surface area (Å²) in [6.45, 7) is 1.12. The molecule has 2 aromatic heterocycles. The minimum Gasteiger partial charge on any atom is -0.424 e. The molecule has 1 aromatic carbocycles. The maximum absolute atomic E-state index is 13.9. The minimum absolute atomic E-state index is 0.103. The number of alkyl halides is 5. The first-order chi connectivity index (χ1) is 17.0. The molecule has 0 spiro atoms. The molecule has 3 atom stereocenters. The van der Waals surface area contributed by atoms with Crippen LogP contribution in [0.2, 0.25) is 5.02 Å². The van der Waals surface area contributed by atoms with Gasteiger partial charge in [-0.05, 0) is 42.9 Å². The van der Waals surface area contributed by atoms with Crippen LogP contribution in [0.25, 0.3) is 0 Å². The predicted octanol–water partition coefficient (Wildman–Crippen LogP) is 4.94. The molecule has 2 fully saturated rings. The molecule has 3 aromatic rings. The Morgan fingerprint density at radius 1 is 1.14 bits per heavy atom. The SMILES string of the molecule is Cc1nnc(N2C[C@H]3CC[C@@H](C2)[C@@H]3Nc2nc(Oc3cccc(Cl)c3)n(CC(F)(F)C(F)(F)F)n2)o1. The van der Waals surface area contributed by atoms with Gasteiger partial charge in [0.25, 0.3) is 0 Å². The van der Waals surface area contributed by atoms with Crippen molar-refractivity contribution in [1.82, 2.24) is 25.0 Å². The molecule has 1 saturated heterocycles. The average Bonchev–Trinajstić information content (AvgIpc) is 3.43. The summed E-state index contributed by atoms with van der Waals surface area (Å²) in [5.74, 6) is -4.34. The van der Waals surface area contributed by atoms with Gasteiger partial charge in [-0.3, -0.25) is 0 Å². The van der Waals surface area contributed by atoms with E-state index in [9.17, 15) is 22.0 Å². The molecule has 0 radical (unpaired) electrons. The van der Waals surface area contributed by atoms with Crippen LogP contribution < -0.4 is 15.0 Å². The Morgan fingerprint density at radius 3 is 2.47 bits per heavy atom. The third kappa shape index (κ3) is 4.90. The molecule has 0 unspecified atom stereocenters. The zero-order chi connectivity index (χ0) is 25.7. The van der Waals surface area contributed by atoms with Crippen molar-refractivity contribution in [1.29, 1.82) is 0 Å². The molecule has 194 valence electrons. The van der Waals surface area contributed by atoms with Gasteiger partial charge in [0, 0.05) is 31.1 Å². The van der Waals surface area contributed by atoms with E-state index in [4.69, 9.17) is 20.8 Å².